The van der Waals surface area contributed by atoms with Crippen molar-refractivity contribution in [1.29, 1.82) is 0 Å². The molecule has 0 radical (unpaired) electrons. The molecule has 4 aliphatic rings. The number of hydrazine groups is 2. The van der Waals surface area contributed by atoms with E-state index in [0.29, 0.717) is 18.9 Å². The van der Waals surface area contributed by atoms with Crippen LogP contribution in [0.1, 0.15) is 26.3 Å². The van der Waals surface area contributed by atoms with Gasteiger partial charge in [-0.3, -0.25) is 10.2 Å². The number of ether oxygens (including phenoxy) is 1. The maximum atomic E-state index is 14.0. The van der Waals surface area contributed by atoms with Crippen molar-refractivity contribution in [2.24, 2.45) is 27.0 Å². The van der Waals surface area contributed by atoms with Crippen LogP contribution in [0.4, 0.5) is 0 Å². The third-order valence-electron chi connectivity index (χ3n) is 6.70. The Morgan fingerprint density at radius 2 is 2.29 bits per heavy atom. The van der Waals surface area contributed by atoms with Crippen molar-refractivity contribution in [3.63, 3.8) is 0 Å². The Morgan fingerprint density at radius 1 is 1.46 bits per heavy atom. The number of imidazole rings is 1. The second-order valence-corrected chi connectivity index (χ2v) is 11.7. The van der Waals surface area contributed by atoms with Gasteiger partial charge in [-0.1, -0.05) is 5.11 Å². The normalized spacial score (nSPS) is 35.1. The van der Waals surface area contributed by atoms with Crippen molar-refractivity contribution in [3.05, 3.63) is 29.2 Å². The van der Waals surface area contributed by atoms with E-state index in [1.165, 1.54) is 0 Å². The number of carbonyl (C=O) groups excluding carboxylic acids is 1. The molecule has 4 heterocycles. The monoisotopic (exact) mass is 506 g/mol. The smallest absolute Gasteiger partial charge is 0.286 e. The van der Waals surface area contributed by atoms with Crippen LogP contribution >= 0.6 is 0 Å². The number of sulfone groups is 1. The van der Waals surface area contributed by atoms with Gasteiger partial charge < -0.3 is 19.9 Å². The second kappa shape index (κ2) is 8.58. The van der Waals surface area contributed by atoms with Crippen LogP contribution < -0.4 is 27.1 Å². The topological polar surface area (TPSA) is 212 Å². The number of aliphatic imine (C=N–C) groups is 1. The molecule has 188 valence electrons. The van der Waals surface area contributed by atoms with E-state index in [2.05, 4.69) is 52.2 Å². The Hall–Kier alpha value is -3.56. The number of fused-ring (bicyclic) bond motifs is 1. The standard InChI is InChI=1S/C18H26N12O4S/c1-18(2)7-34-17(24-18)23-16-13(22-11(31)6-21-27-19)12-10(30-4-3-20-8-30)5-9(14(12)35(16,32)33)15-25-28-29-26-15/h3-4,8-10,12-14,16,28-29H,5-7H2,1-2H3,(H,22,31)(H,23,24)(H,25,26)/t9-,10+,12+,13+,14+,16-/m0/s1. The van der Waals surface area contributed by atoms with Gasteiger partial charge in [-0.2, -0.15) is 0 Å². The first kappa shape index (κ1) is 23.2. The largest absolute Gasteiger partial charge is 0.463 e. The highest BCUT2D eigenvalue weighted by molar-refractivity contribution is 7.93. The lowest BCUT2D eigenvalue weighted by Crippen LogP contribution is -2.47. The molecule has 5 N–H and O–H groups in total. The molecule has 17 heteroatoms. The molecular weight excluding hydrogens is 480 g/mol. The second-order valence-electron chi connectivity index (χ2n) is 9.51. The van der Waals surface area contributed by atoms with E-state index in [1.54, 1.807) is 18.7 Å². The molecular formula is C18H26N12O4S. The zero-order chi connectivity index (χ0) is 24.8. The number of hydrogen-bond donors (Lipinski definition) is 5. The van der Waals surface area contributed by atoms with Gasteiger partial charge in [0.25, 0.3) is 6.02 Å². The van der Waals surface area contributed by atoms with E-state index >= 15 is 0 Å². The number of hydrazone groups is 1. The first-order chi connectivity index (χ1) is 16.7. The summed E-state index contributed by atoms with van der Waals surface area (Å²) in [5, 5.41) is 11.1. The SMILES string of the molecule is CC1(C)COC(=N[C@@H]2[C@H](NC(=O)CN=[N+]=[N-])[C@@H]3[C@@H]([C@@H](C4=NNNN4)C[C@H]3n3ccnc3)S2(=O)=O)N1. The first-order valence-electron chi connectivity index (χ1n) is 11.0. The number of azide groups is 1. The number of amidine groups is 2. The van der Waals surface area contributed by atoms with Gasteiger partial charge in [-0.15, -0.1) is 10.6 Å². The summed E-state index contributed by atoms with van der Waals surface area (Å²) in [7, 11) is -3.95. The zero-order valence-electron chi connectivity index (χ0n) is 19.0. The lowest BCUT2D eigenvalue weighted by Gasteiger charge is -2.27. The quantitative estimate of drug-likeness (QED) is 0.175. The van der Waals surface area contributed by atoms with E-state index in [4.69, 9.17) is 10.3 Å². The van der Waals surface area contributed by atoms with Crippen LogP contribution in [0, 0.1) is 11.8 Å². The van der Waals surface area contributed by atoms with Gasteiger partial charge in [0, 0.05) is 35.2 Å². The van der Waals surface area contributed by atoms with Crippen LogP contribution in [0.25, 0.3) is 10.4 Å². The molecule has 16 nitrogen and oxygen atoms in total. The Balaban J connectivity index is 1.59. The molecule has 6 atom stereocenters. The fourth-order valence-electron chi connectivity index (χ4n) is 5.37. The summed E-state index contributed by atoms with van der Waals surface area (Å²) in [6.45, 7) is 3.66. The van der Waals surface area contributed by atoms with E-state index in [1.807, 2.05) is 18.4 Å². The fourth-order valence-corrected chi connectivity index (χ4v) is 8.08. The van der Waals surface area contributed by atoms with Gasteiger partial charge >= 0.3 is 0 Å². The minimum Gasteiger partial charge on any atom is -0.463 e. The number of amides is 1. The molecule has 0 aromatic carbocycles. The van der Waals surface area contributed by atoms with Crippen molar-refractivity contribution in [2.45, 2.75) is 48.5 Å². The van der Waals surface area contributed by atoms with E-state index in [0.717, 1.165) is 0 Å². The predicted octanol–water partition coefficient (Wildman–Crippen LogP) is -1.34. The molecule has 3 aliphatic heterocycles. The molecule has 35 heavy (non-hydrogen) atoms. The predicted molar refractivity (Wildman–Crippen MR) is 123 cm³/mol. The Bertz CT molecular complexity index is 1210. The van der Waals surface area contributed by atoms with E-state index in [9.17, 15) is 13.2 Å². The molecule has 0 bridgehead atoms. The molecule has 1 aromatic heterocycles. The van der Waals surface area contributed by atoms with Gasteiger partial charge in [0.15, 0.2) is 15.2 Å². The van der Waals surface area contributed by atoms with E-state index in [-0.39, 0.29) is 12.1 Å². The van der Waals surface area contributed by atoms with Crippen LogP contribution in [0.5, 0.6) is 0 Å². The molecule has 0 unspecified atom stereocenters. The lowest BCUT2D eigenvalue weighted by atomic mass is 9.93. The summed E-state index contributed by atoms with van der Waals surface area (Å²) in [5.41, 5.74) is 16.3. The van der Waals surface area contributed by atoms with Gasteiger partial charge in [-0.05, 0) is 25.8 Å². The van der Waals surface area contributed by atoms with Crippen molar-refractivity contribution in [2.75, 3.05) is 13.2 Å². The van der Waals surface area contributed by atoms with E-state index < -0.39 is 56.3 Å². The van der Waals surface area contributed by atoms with Crippen LogP contribution in [-0.2, 0) is 19.4 Å². The van der Waals surface area contributed by atoms with Crippen molar-refractivity contribution < 1.29 is 17.9 Å². The zero-order valence-corrected chi connectivity index (χ0v) is 19.8. The highest BCUT2D eigenvalue weighted by Gasteiger charge is 2.65. The molecule has 1 aliphatic carbocycles. The molecule has 2 saturated heterocycles. The summed E-state index contributed by atoms with van der Waals surface area (Å²) >= 11 is 0. The summed E-state index contributed by atoms with van der Waals surface area (Å²) < 4.78 is 35.5. The van der Waals surface area contributed by atoms with Crippen LogP contribution in [0.15, 0.2) is 33.9 Å². The van der Waals surface area contributed by atoms with Gasteiger partial charge in [0.2, 0.25) is 5.91 Å². The molecule has 1 amide bonds. The summed E-state index contributed by atoms with van der Waals surface area (Å²) in [6.07, 6.45) is 5.44. The molecule has 1 aromatic rings. The van der Waals surface area contributed by atoms with Gasteiger partial charge in [-0.25, -0.2) is 23.9 Å². The van der Waals surface area contributed by atoms with Crippen molar-refractivity contribution in [1.82, 2.24) is 36.7 Å². The minimum atomic E-state index is -3.95. The number of nitrogens with one attached hydrogen (secondary N) is 5. The number of hydrogen-bond acceptors (Lipinski definition) is 11. The maximum absolute atomic E-state index is 14.0. The van der Waals surface area contributed by atoms with Crippen LogP contribution in [-0.4, -0.2) is 71.1 Å². The lowest BCUT2D eigenvalue weighted by molar-refractivity contribution is -0.120. The third-order valence-corrected chi connectivity index (χ3v) is 9.17. The fraction of sp³-hybridized carbons (Fsp3) is 0.667. The molecule has 1 saturated carbocycles. The Morgan fingerprint density at radius 3 is 2.91 bits per heavy atom. The third kappa shape index (κ3) is 4.11. The Kier molecular flexibility index (Phi) is 5.69. The highest BCUT2D eigenvalue weighted by atomic mass is 32.2. The number of aromatic nitrogens is 2. The molecule has 5 rings (SSSR count). The van der Waals surface area contributed by atoms with Crippen LogP contribution in [0.3, 0.4) is 0 Å². The van der Waals surface area contributed by atoms with Crippen molar-refractivity contribution >= 4 is 27.6 Å². The van der Waals surface area contributed by atoms with Crippen molar-refractivity contribution in [3.8, 4) is 0 Å². The molecule has 3 fully saturated rings. The molecule has 0 spiro atoms. The summed E-state index contributed by atoms with van der Waals surface area (Å²) in [6, 6.07) is -1.13. The number of carbonyl (C=O) groups is 1. The number of rotatable bonds is 6. The highest BCUT2D eigenvalue weighted by Crippen LogP contribution is 2.52. The number of nitrogens with zero attached hydrogens (tertiary/aromatic N) is 7. The maximum Gasteiger partial charge on any atom is 0.286 e. The Labute approximate surface area is 200 Å². The minimum absolute atomic E-state index is 0.105. The average molecular weight is 507 g/mol. The van der Waals surface area contributed by atoms with Gasteiger partial charge in [0.05, 0.1) is 23.2 Å². The average Bonchev–Trinajstić information content (AvgIpc) is 3.60. The summed E-state index contributed by atoms with van der Waals surface area (Å²) in [4.78, 5) is 23.8. The first-order valence-corrected chi connectivity index (χ1v) is 12.6. The van der Waals surface area contributed by atoms with Gasteiger partial charge in [0.1, 0.15) is 19.0 Å². The van der Waals surface area contributed by atoms with Crippen LogP contribution in [0.2, 0.25) is 0 Å². The summed E-state index contributed by atoms with van der Waals surface area (Å²) in [5.74, 6) is -1.21.